The van der Waals surface area contributed by atoms with Crippen molar-refractivity contribution in [1.82, 2.24) is 4.72 Å². The summed E-state index contributed by atoms with van der Waals surface area (Å²) in [7, 11) is -4.57. The van der Waals surface area contributed by atoms with Crippen molar-refractivity contribution >= 4 is 22.0 Å². The zero-order valence-electron chi connectivity index (χ0n) is 10.3. The van der Waals surface area contributed by atoms with Crippen molar-refractivity contribution in [3.63, 3.8) is 0 Å². The van der Waals surface area contributed by atoms with Crippen LogP contribution in [0.15, 0.2) is 23.1 Å². The quantitative estimate of drug-likeness (QED) is 0.664. The van der Waals surface area contributed by atoms with Gasteiger partial charge in [-0.2, -0.15) is 9.98 Å². The Morgan fingerprint density at radius 3 is 2.48 bits per heavy atom. The van der Waals surface area contributed by atoms with Crippen LogP contribution in [0.2, 0.25) is 0 Å². The summed E-state index contributed by atoms with van der Waals surface area (Å²) in [6.07, 6.45) is -1.01. The van der Waals surface area contributed by atoms with Crippen LogP contribution in [0.5, 0.6) is 0 Å². The number of nitrogens with one attached hydrogen (secondary N) is 1. The van der Waals surface area contributed by atoms with Gasteiger partial charge in [0, 0.05) is 0 Å². The van der Waals surface area contributed by atoms with Crippen LogP contribution in [0.3, 0.4) is 0 Å². The molecule has 0 saturated heterocycles. The molecular formula is C11H9FN2O6S. The van der Waals surface area contributed by atoms with Crippen LogP contribution in [0, 0.1) is 17.1 Å². The second-order valence-electron chi connectivity index (χ2n) is 3.83. The van der Waals surface area contributed by atoms with Gasteiger partial charge in [-0.05, 0) is 12.1 Å². The van der Waals surface area contributed by atoms with Gasteiger partial charge in [0.05, 0.1) is 6.42 Å². The van der Waals surface area contributed by atoms with Crippen LogP contribution < -0.4 is 4.72 Å². The molecule has 0 heterocycles. The van der Waals surface area contributed by atoms with Crippen molar-refractivity contribution < 1.29 is 32.6 Å². The third-order valence-electron chi connectivity index (χ3n) is 2.35. The van der Waals surface area contributed by atoms with Crippen LogP contribution in [-0.2, 0) is 19.6 Å². The van der Waals surface area contributed by atoms with Crippen molar-refractivity contribution in [2.24, 2.45) is 0 Å². The molecule has 10 heteroatoms. The van der Waals surface area contributed by atoms with Gasteiger partial charge in [-0.25, -0.2) is 12.8 Å². The molecule has 1 aromatic rings. The maximum Gasteiger partial charge on any atom is 0.322 e. The van der Waals surface area contributed by atoms with Crippen LogP contribution in [0.1, 0.15) is 12.0 Å². The SMILES string of the molecule is N#Cc1c(F)cccc1S(=O)(=O)NC(CC(=O)O)C(=O)O. The van der Waals surface area contributed by atoms with Crippen LogP contribution in [0.25, 0.3) is 0 Å². The second-order valence-corrected chi connectivity index (χ2v) is 5.52. The van der Waals surface area contributed by atoms with Crippen LogP contribution >= 0.6 is 0 Å². The fraction of sp³-hybridized carbons (Fsp3) is 0.182. The lowest BCUT2D eigenvalue weighted by Gasteiger charge is -2.13. The van der Waals surface area contributed by atoms with Gasteiger partial charge in [0.1, 0.15) is 28.4 Å². The second kappa shape index (κ2) is 6.29. The highest BCUT2D eigenvalue weighted by Gasteiger charge is 2.29. The molecule has 0 bridgehead atoms. The molecule has 1 unspecified atom stereocenters. The van der Waals surface area contributed by atoms with Crippen LogP contribution in [-0.4, -0.2) is 36.6 Å². The van der Waals surface area contributed by atoms with E-state index in [0.717, 1.165) is 18.2 Å². The summed E-state index contributed by atoms with van der Waals surface area (Å²) in [6.45, 7) is 0. The lowest BCUT2D eigenvalue weighted by atomic mass is 10.2. The normalized spacial score (nSPS) is 12.4. The summed E-state index contributed by atoms with van der Waals surface area (Å²) in [5.74, 6) is -4.34. The Kier molecular flexibility index (Phi) is 4.96. The highest BCUT2D eigenvalue weighted by molar-refractivity contribution is 7.89. The Labute approximate surface area is 118 Å². The molecule has 3 N–H and O–H groups in total. The minimum atomic E-state index is -4.57. The van der Waals surface area contributed by atoms with Gasteiger partial charge >= 0.3 is 11.9 Å². The Hall–Kier alpha value is -2.51. The minimum Gasteiger partial charge on any atom is -0.481 e. The van der Waals surface area contributed by atoms with Gasteiger partial charge in [-0.3, -0.25) is 9.59 Å². The molecule has 112 valence electrons. The highest BCUT2D eigenvalue weighted by Crippen LogP contribution is 2.18. The Balaban J connectivity index is 3.23. The first-order chi connectivity index (χ1) is 9.69. The maximum atomic E-state index is 13.4. The lowest BCUT2D eigenvalue weighted by Crippen LogP contribution is -2.42. The molecule has 21 heavy (non-hydrogen) atoms. The van der Waals surface area contributed by atoms with Gasteiger partial charge < -0.3 is 10.2 Å². The van der Waals surface area contributed by atoms with E-state index in [1.54, 1.807) is 4.72 Å². The third kappa shape index (κ3) is 3.98. The number of carboxylic acid groups (broad SMARTS) is 2. The maximum absolute atomic E-state index is 13.4. The monoisotopic (exact) mass is 316 g/mol. The third-order valence-corrected chi connectivity index (χ3v) is 3.87. The minimum absolute atomic E-state index is 0.762. The van der Waals surface area contributed by atoms with E-state index in [4.69, 9.17) is 15.5 Å². The van der Waals surface area contributed by atoms with Crippen LogP contribution in [0.4, 0.5) is 4.39 Å². The van der Waals surface area contributed by atoms with E-state index in [1.807, 2.05) is 0 Å². The smallest absolute Gasteiger partial charge is 0.322 e. The van der Waals surface area contributed by atoms with Crippen molar-refractivity contribution in [1.29, 1.82) is 5.26 Å². The van der Waals surface area contributed by atoms with Crippen molar-refractivity contribution in [3.8, 4) is 6.07 Å². The number of benzene rings is 1. The van der Waals surface area contributed by atoms with E-state index >= 15 is 0 Å². The molecule has 0 aliphatic rings. The van der Waals surface area contributed by atoms with E-state index in [1.165, 1.54) is 6.07 Å². The largest absolute Gasteiger partial charge is 0.481 e. The molecule has 0 spiro atoms. The first kappa shape index (κ1) is 16.5. The summed E-state index contributed by atoms with van der Waals surface area (Å²) in [5.41, 5.74) is -0.788. The van der Waals surface area contributed by atoms with E-state index in [9.17, 15) is 22.4 Å². The predicted molar refractivity (Wildman–Crippen MR) is 65.1 cm³/mol. The van der Waals surface area contributed by atoms with Crippen molar-refractivity contribution in [2.45, 2.75) is 17.4 Å². The van der Waals surface area contributed by atoms with Gasteiger partial charge in [-0.15, -0.1) is 0 Å². The van der Waals surface area contributed by atoms with Gasteiger partial charge in [0.25, 0.3) is 0 Å². The summed E-state index contributed by atoms with van der Waals surface area (Å²) in [6, 6.07) is 2.21. The first-order valence-electron chi connectivity index (χ1n) is 5.34. The molecule has 0 saturated carbocycles. The lowest BCUT2D eigenvalue weighted by molar-refractivity contribution is -0.145. The molecular weight excluding hydrogens is 307 g/mol. The van der Waals surface area contributed by atoms with Gasteiger partial charge in [0.15, 0.2) is 0 Å². The predicted octanol–water partition coefficient (Wildman–Crippen LogP) is -0.0964. The molecule has 0 fully saturated rings. The summed E-state index contributed by atoms with van der Waals surface area (Å²) in [5, 5.41) is 26.1. The molecule has 0 amide bonds. The number of aliphatic carboxylic acids is 2. The molecule has 1 rings (SSSR count). The molecule has 8 nitrogen and oxygen atoms in total. The van der Waals surface area contributed by atoms with Crippen molar-refractivity contribution in [2.75, 3.05) is 0 Å². The van der Waals surface area contributed by atoms with Crippen molar-refractivity contribution in [3.05, 3.63) is 29.6 Å². The molecule has 1 aromatic carbocycles. The van der Waals surface area contributed by atoms with E-state index < -0.39 is 50.7 Å². The highest BCUT2D eigenvalue weighted by atomic mass is 32.2. The van der Waals surface area contributed by atoms with Gasteiger partial charge in [-0.1, -0.05) is 6.07 Å². The average Bonchev–Trinajstić information content (AvgIpc) is 2.36. The summed E-state index contributed by atoms with van der Waals surface area (Å²) < 4.78 is 38.9. The number of carbonyl (C=O) groups is 2. The topological polar surface area (TPSA) is 145 Å². The standard InChI is InChI=1S/C11H9FN2O6S/c12-7-2-1-3-9(6(7)5-13)21(19,20)14-8(11(17)18)4-10(15)16/h1-3,8,14H,4H2,(H,15,16)(H,17,18). The summed E-state index contributed by atoms with van der Waals surface area (Å²) >= 11 is 0. The number of nitriles is 1. The van der Waals surface area contributed by atoms with E-state index in [-0.39, 0.29) is 0 Å². The molecule has 0 aliphatic heterocycles. The van der Waals surface area contributed by atoms with Gasteiger partial charge in [0.2, 0.25) is 10.0 Å². The molecule has 0 aromatic heterocycles. The Bertz CT molecular complexity index is 725. The first-order valence-corrected chi connectivity index (χ1v) is 6.83. The van der Waals surface area contributed by atoms with E-state index in [2.05, 4.69) is 0 Å². The molecule has 0 aliphatic carbocycles. The average molecular weight is 316 g/mol. The number of sulfonamides is 1. The number of hydrogen-bond acceptors (Lipinski definition) is 5. The zero-order chi connectivity index (χ0) is 16.2. The number of hydrogen-bond donors (Lipinski definition) is 3. The summed E-state index contributed by atoms with van der Waals surface area (Å²) in [4.78, 5) is 20.6. The number of nitrogens with zero attached hydrogens (tertiary/aromatic N) is 1. The Morgan fingerprint density at radius 2 is 2.00 bits per heavy atom. The zero-order valence-corrected chi connectivity index (χ0v) is 11.1. The molecule has 0 radical (unpaired) electrons. The number of rotatable bonds is 6. The fourth-order valence-electron chi connectivity index (χ4n) is 1.44. The number of carboxylic acids is 2. The fourth-order valence-corrected chi connectivity index (χ4v) is 2.80. The van der Waals surface area contributed by atoms with E-state index in [0.29, 0.717) is 0 Å². The number of halogens is 1. The molecule has 1 atom stereocenters. The Morgan fingerprint density at radius 1 is 1.38 bits per heavy atom.